The Labute approximate surface area is 114 Å². The highest BCUT2D eigenvalue weighted by Gasteiger charge is 2.10. The Hall–Kier alpha value is -1.26. The summed E-state index contributed by atoms with van der Waals surface area (Å²) in [6.07, 6.45) is 4.15. The first-order valence-electron chi connectivity index (χ1n) is 5.67. The van der Waals surface area contributed by atoms with Crippen LogP contribution in [0.15, 0.2) is 41.1 Å². The topological polar surface area (TPSA) is 38.9 Å². The molecule has 1 unspecified atom stereocenters. The molecule has 2 aromatic rings. The first-order chi connectivity index (χ1) is 8.56. The van der Waals surface area contributed by atoms with Crippen LogP contribution in [0, 0.1) is 12.7 Å². The van der Waals surface area contributed by atoms with Gasteiger partial charge < -0.3 is 5.73 Å². The summed E-state index contributed by atoms with van der Waals surface area (Å²) < 4.78 is 13.9. The third-order valence-electron chi connectivity index (χ3n) is 2.90. The van der Waals surface area contributed by atoms with Crippen LogP contribution in [0.4, 0.5) is 4.39 Å². The van der Waals surface area contributed by atoms with Crippen LogP contribution in [0.1, 0.15) is 22.7 Å². The highest BCUT2D eigenvalue weighted by molar-refractivity contribution is 9.10. The standard InChI is InChI=1S/C14H14BrFN2/c1-9-4-13(16)3-2-10(9)6-14(17)11-5-12(15)8-18-7-11/h2-5,7-8,14H,6,17H2,1H3. The van der Waals surface area contributed by atoms with Crippen molar-refractivity contribution in [2.45, 2.75) is 19.4 Å². The molecule has 0 amide bonds. The summed E-state index contributed by atoms with van der Waals surface area (Å²) in [7, 11) is 0. The number of nitrogens with two attached hydrogens (primary N) is 1. The molecule has 0 aliphatic heterocycles. The van der Waals surface area contributed by atoms with Crippen LogP contribution in [-0.4, -0.2) is 4.98 Å². The second-order valence-electron chi connectivity index (χ2n) is 4.32. The zero-order valence-corrected chi connectivity index (χ0v) is 11.6. The van der Waals surface area contributed by atoms with Crippen molar-refractivity contribution < 1.29 is 4.39 Å². The maximum atomic E-state index is 13.0. The molecule has 0 saturated heterocycles. The molecule has 0 radical (unpaired) electrons. The number of nitrogens with zero attached hydrogens (tertiary/aromatic N) is 1. The van der Waals surface area contributed by atoms with Gasteiger partial charge in [0.1, 0.15) is 5.82 Å². The third kappa shape index (κ3) is 3.15. The first kappa shape index (κ1) is 13.2. The van der Waals surface area contributed by atoms with Crippen LogP contribution in [0.25, 0.3) is 0 Å². The van der Waals surface area contributed by atoms with Crippen molar-refractivity contribution in [3.63, 3.8) is 0 Å². The summed E-state index contributed by atoms with van der Waals surface area (Å²) in [5, 5.41) is 0. The summed E-state index contributed by atoms with van der Waals surface area (Å²) in [5.41, 5.74) is 9.10. The first-order valence-corrected chi connectivity index (χ1v) is 6.46. The average Bonchev–Trinajstić information content (AvgIpc) is 2.32. The minimum Gasteiger partial charge on any atom is -0.324 e. The maximum Gasteiger partial charge on any atom is 0.123 e. The van der Waals surface area contributed by atoms with E-state index < -0.39 is 0 Å². The van der Waals surface area contributed by atoms with Crippen molar-refractivity contribution in [1.82, 2.24) is 4.98 Å². The van der Waals surface area contributed by atoms with Gasteiger partial charge in [0.05, 0.1) is 0 Å². The zero-order valence-electron chi connectivity index (χ0n) is 10.0. The van der Waals surface area contributed by atoms with E-state index >= 15 is 0 Å². The van der Waals surface area contributed by atoms with Gasteiger partial charge in [-0.15, -0.1) is 0 Å². The van der Waals surface area contributed by atoms with E-state index in [1.807, 2.05) is 13.0 Å². The second kappa shape index (κ2) is 5.59. The third-order valence-corrected chi connectivity index (χ3v) is 3.33. The van der Waals surface area contributed by atoms with Crippen LogP contribution in [0.2, 0.25) is 0 Å². The highest BCUT2D eigenvalue weighted by atomic mass is 79.9. The molecule has 18 heavy (non-hydrogen) atoms. The SMILES string of the molecule is Cc1cc(F)ccc1CC(N)c1cncc(Br)c1. The average molecular weight is 309 g/mol. The minimum atomic E-state index is -0.214. The Morgan fingerprint density at radius 3 is 2.78 bits per heavy atom. The van der Waals surface area contributed by atoms with Gasteiger partial charge in [-0.05, 0) is 64.2 Å². The molecule has 2 nitrogen and oxygen atoms in total. The van der Waals surface area contributed by atoms with Gasteiger partial charge in [0.2, 0.25) is 0 Å². The number of aromatic nitrogens is 1. The molecule has 0 aliphatic rings. The molecule has 2 rings (SSSR count). The molecule has 94 valence electrons. The van der Waals surface area contributed by atoms with Crippen molar-refractivity contribution in [2.75, 3.05) is 0 Å². The number of pyridine rings is 1. The summed E-state index contributed by atoms with van der Waals surface area (Å²) in [6, 6.07) is 6.60. The molecule has 0 bridgehead atoms. The number of aryl methyl sites for hydroxylation is 1. The molecule has 4 heteroatoms. The van der Waals surface area contributed by atoms with Crippen LogP contribution in [0.3, 0.4) is 0 Å². The zero-order chi connectivity index (χ0) is 13.1. The molecule has 0 fully saturated rings. The Kier molecular flexibility index (Phi) is 4.09. The van der Waals surface area contributed by atoms with Gasteiger partial charge in [0.25, 0.3) is 0 Å². The molecular weight excluding hydrogens is 295 g/mol. The van der Waals surface area contributed by atoms with E-state index in [2.05, 4.69) is 20.9 Å². The Bertz CT molecular complexity index is 557. The van der Waals surface area contributed by atoms with Gasteiger partial charge in [-0.1, -0.05) is 6.07 Å². The van der Waals surface area contributed by atoms with Crippen molar-refractivity contribution in [3.8, 4) is 0 Å². The number of hydrogen-bond acceptors (Lipinski definition) is 2. The van der Waals surface area contributed by atoms with Crippen molar-refractivity contribution in [2.24, 2.45) is 5.73 Å². The molecule has 0 saturated carbocycles. The quantitative estimate of drug-likeness (QED) is 0.942. The van der Waals surface area contributed by atoms with Crippen LogP contribution in [-0.2, 0) is 6.42 Å². The fraction of sp³-hybridized carbons (Fsp3) is 0.214. The molecule has 2 N–H and O–H groups in total. The molecule has 1 atom stereocenters. The fourth-order valence-corrected chi connectivity index (χ4v) is 2.26. The smallest absolute Gasteiger partial charge is 0.123 e. The Morgan fingerprint density at radius 1 is 1.33 bits per heavy atom. The molecule has 0 aliphatic carbocycles. The number of benzene rings is 1. The monoisotopic (exact) mass is 308 g/mol. The van der Waals surface area contributed by atoms with Crippen molar-refractivity contribution in [1.29, 1.82) is 0 Å². The summed E-state index contributed by atoms with van der Waals surface area (Å²) >= 11 is 3.37. The van der Waals surface area contributed by atoms with Gasteiger partial charge in [0, 0.05) is 22.9 Å². The second-order valence-corrected chi connectivity index (χ2v) is 5.23. The fourth-order valence-electron chi connectivity index (χ4n) is 1.87. The number of halogens is 2. The van der Waals surface area contributed by atoms with Crippen LogP contribution < -0.4 is 5.73 Å². The van der Waals surface area contributed by atoms with Crippen molar-refractivity contribution in [3.05, 3.63) is 63.6 Å². The van der Waals surface area contributed by atoms with Crippen molar-refractivity contribution >= 4 is 15.9 Å². The lowest BCUT2D eigenvalue weighted by molar-refractivity contribution is 0.623. The van der Waals surface area contributed by atoms with Gasteiger partial charge in [-0.3, -0.25) is 4.98 Å². The summed E-state index contributed by atoms with van der Waals surface area (Å²) in [5.74, 6) is -0.214. The van der Waals surface area contributed by atoms with Gasteiger partial charge in [0.15, 0.2) is 0 Å². The van der Waals surface area contributed by atoms with Gasteiger partial charge >= 0.3 is 0 Å². The van der Waals surface area contributed by atoms with Gasteiger partial charge in [-0.25, -0.2) is 4.39 Å². The van der Waals surface area contributed by atoms with E-state index in [0.717, 1.165) is 21.2 Å². The van der Waals surface area contributed by atoms with E-state index in [9.17, 15) is 4.39 Å². The highest BCUT2D eigenvalue weighted by Crippen LogP contribution is 2.20. The van der Waals surface area contributed by atoms with Gasteiger partial charge in [-0.2, -0.15) is 0 Å². The summed E-state index contributed by atoms with van der Waals surface area (Å²) in [4.78, 5) is 4.10. The van der Waals surface area contributed by atoms with E-state index in [1.165, 1.54) is 12.1 Å². The lowest BCUT2D eigenvalue weighted by atomic mass is 9.98. The van der Waals surface area contributed by atoms with E-state index in [1.54, 1.807) is 18.5 Å². The predicted molar refractivity (Wildman–Crippen MR) is 73.7 cm³/mol. The van der Waals surface area contributed by atoms with E-state index in [-0.39, 0.29) is 11.9 Å². The molecule has 1 heterocycles. The van der Waals surface area contributed by atoms with E-state index in [4.69, 9.17) is 5.73 Å². The molecular formula is C14H14BrFN2. The summed E-state index contributed by atoms with van der Waals surface area (Å²) in [6.45, 7) is 1.89. The largest absolute Gasteiger partial charge is 0.324 e. The maximum absolute atomic E-state index is 13.0. The Morgan fingerprint density at radius 2 is 2.11 bits per heavy atom. The molecule has 0 spiro atoms. The number of hydrogen-bond donors (Lipinski definition) is 1. The minimum absolute atomic E-state index is 0.140. The van der Waals surface area contributed by atoms with Crippen LogP contribution >= 0.6 is 15.9 Å². The Balaban J connectivity index is 2.18. The lowest BCUT2D eigenvalue weighted by Gasteiger charge is -2.13. The molecule has 1 aromatic heterocycles. The van der Waals surface area contributed by atoms with Crippen LogP contribution in [0.5, 0.6) is 0 Å². The normalized spacial score (nSPS) is 12.4. The molecule has 1 aromatic carbocycles. The lowest BCUT2D eigenvalue weighted by Crippen LogP contribution is -2.14. The predicted octanol–water partition coefficient (Wildman–Crippen LogP) is 3.53. The van der Waals surface area contributed by atoms with E-state index in [0.29, 0.717) is 6.42 Å². The number of rotatable bonds is 3.